The van der Waals surface area contributed by atoms with Gasteiger partial charge in [-0.15, -0.1) is 0 Å². The second-order valence-electron chi connectivity index (χ2n) is 11.1. The van der Waals surface area contributed by atoms with Gasteiger partial charge in [-0.3, -0.25) is 14.4 Å². The Morgan fingerprint density at radius 2 is 1.00 bits per heavy atom. The molecule has 0 aromatic rings. The first-order chi connectivity index (χ1) is 17.1. The van der Waals surface area contributed by atoms with Crippen LogP contribution in [0.4, 0.5) is 0 Å². The van der Waals surface area contributed by atoms with E-state index in [0.717, 1.165) is 0 Å². The molecule has 0 rings (SSSR count). The molecule has 2 unspecified atom stereocenters. The van der Waals surface area contributed by atoms with Crippen molar-refractivity contribution in [3.63, 3.8) is 0 Å². The standard InChI is InChI=1S/C29H48O9/c1-14-29(13,37-18-17-35-27(9,10)23(31)20(4)5)25(33)38-21(6)24(32)28(11,12)36-16-15-34-26(7,8)22(30)19(2)3/h21H,2,4,14-18H2,1,3,5-13H3. The largest absolute Gasteiger partial charge is 0.452 e. The maximum atomic E-state index is 13.0. The molecule has 0 N–H and O–H groups in total. The molecule has 218 valence electrons. The Hall–Kier alpha value is -2.20. The van der Waals surface area contributed by atoms with Crippen LogP contribution in [0.3, 0.4) is 0 Å². The summed E-state index contributed by atoms with van der Waals surface area (Å²) in [7, 11) is 0. The second-order valence-corrected chi connectivity index (χ2v) is 11.1. The lowest BCUT2D eigenvalue weighted by molar-refractivity contribution is -0.184. The fraction of sp³-hybridized carbons (Fsp3) is 0.724. The predicted octanol–water partition coefficient (Wildman–Crippen LogP) is 4.35. The Bertz CT molecular complexity index is 898. The van der Waals surface area contributed by atoms with Crippen LogP contribution < -0.4 is 0 Å². The molecule has 0 saturated heterocycles. The summed E-state index contributed by atoms with van der Waals surface area (Å²) in [5.74, 6) is -1.57. The van der Waals surface area contributed by atoms with Crippen LogP contribution in [-0.2, 0) is 42.9 Å². The summed E-state index contributed by atoms with van der Waals surface area (Å²) in [6.45, 7) is 25.3. The van der Waals surface area contributed by atoms with Crippen LogP contribution in [0.15, 0.2) is 24.3 Å². The average molecular weight is 541 g/mol. The maximum absolute atomic E-state index is 13.0. The fourth-order valence-corrected chi connectivity index (χ4v) is 3.52. The van der Waals surface area contributed by atoms with Crippen LogP contribution in [-0.4, -0.2) is 78.3 Å². The van der Waals surface area contributed by atoms with Crippen LogP contribution in [0.2, 0.25) is 0 Å². The summed E-state index contributed by atoms with van der Waals surface area (Å²) in [4.78, 5) is 50.2. The van der Waals surface area contributed by atoms with Crippen molar-refractivity contribution in [2.24, 2.45) is 0 Å². The third-order valence-corrected chi connectivity index (χ3v) is 6.20. The first-order valence-electron chi connectivity index (χ1n) is 12.9. The summed E-state index contributed by atoms with van der Waals surface area (Å²) >= 11 is 0. The first kappa shape index (κ1) is 35.8. The number of ether oxygens (including phenoxy) is 5. The van der Waals surface area contributed by atoms with E-state index >= 15 is 0 Å². The first-order valence-corrected chi connectivity index (χ1v) is 12.9. The highest BCUT2D eigenvalue weighted by Gasteiger charge is 2.40. The number of esters is 1. The molecule has 0 amide bonds. The minimum Gasteiger partial charge on any atom is -0.452 e. The minimum atomic E-state index is -1.32. The topological polar surface area (TPSA) is 114 Å². The second kappa shape index (κ2) is 14.3. The molecule has 0 spiro atoms. The summed E-state index contributed by atoms with van der Waals surface area (Å²) in [6, 6.07) is 0. The molecule has 0 aromatic heterocycles. The van der Waals surface area contributed by atoms with E-state index in [9.17, 15) is 19.2 Å². The van der Waals surface area contributed by atoms with E-state index < -0.39 is 40.3 Å². The molecule has 0 bridgehead atoms. The minimum absolute atomic E-state index is 0.0352. The van der Waals surface area contributed by atoms with E-state index in [1.54, 1.807) is 69.2 Å². The van der Waals surface area contributed by atoms with Crippen molar-refractivity contribution >= 4 is 23.3 Å². The van der Waals surface area contributed by atoms with Gasteiger partial charge < -0.3 is 23.7 Å². The van der Waals surface area contributed by atoms with Gasteiger partial charge in [-0.1, -0.05) is 20.1 Å². The van der Waals surface area contributed by atoms with Gasteiger partial charge in [0, 0.05) is 0 Å². The molecule has 0 aliphatic carbocycles. The molecule has 0 aliphatic heterocycles. The van der Waals surface area contributed by atoms with Crippen molar-refractivity contribution in [1.82, 2.24) is 0 Å². The van der Waals surface area contributed by atoms with Crippen LogP contribution in [0, 0.1) is 0 Å². The predicted molar refractivity (Wildman–Crippen MR) is 145 cm³/mol. The molecule has 9 nitrogen and oxygen atoms in total. The molecule has 0 fully saturated rings. The summed E-state index contributed by atoms with van der Waals surface area (Å²) in [6.07, 6.45) is -0.811. The monoisotopic (exact) mass is 540 g/mol. The van der Waals surface area contributed by atoms with Gasteiger partial charge >= 0.3 is 5.97 Å². The van der Waals surface area contributed by atoms with Gasteiger partial charge in [0.05, 0.1) is 26.4 Å². The Labute approximate surface area is 228 Å². The SMILES string of the molecule is C=C(C)C(=O)C(C)(C)OCCOC(C)(C)C(=O)C(C)OC(=O)C(C)(CC)OCCOC(C)(C)C(=O)C(=C)C. The zero-order valence-corrected chi connectivity index (χ0v) is 25.2. The van der Waals surface area contributed by atoms with Gasteiger partial charge in [-0.25, -0.2) is 4.79 Å². The number of ketones is 3. The summed E-state index contributed by atoms with van der Waals surface area (Å²) < 4.78 is 28.2. The van der Waals surface area contributed by atoms with E-state index in [1.807, 2.05) is 0 Å². The summed E-state index contributed by atoms with van der Waals surface area (Å²) in [5.41, 5.74) is -3.94. The third-order valence-electron chi connectivity index (χ3n) is 6.20. The highest BCUT2D eigenvalue weighted by molar-refractivity contribution is 6.00. The molecule has 0 heterocycles. The van der Waals surface area contributed by atoms with E-state index in [2.05, 4.69) is 13.2 Å². The lowest BCUT2D eigenvalue weighted by Gasteiger charge is -2.31. The maximum Gasteiger partial charge on any atom is 0.338 e. The Morgan fingerprint density at radius 3 is 1.34 bits per heavy atom. The van der Waals surface area contributed by atoms with Crippen molar-refractivity contribution in [3.8, 4) is 0 Å². The van der Waals surface area contributed by atoms with Crippen LogP contribution >= 0.6 is 0 Å². The van der Waals surface area contributed by atoms with Crippen molar-refractivity contribution < 1.29 is 42.9 Å². The van der Waals surface area contributed by atoms with Crippen LogP contribution in [0.5, 0.6) is 0 Å². The number of carbonyl (C=O) groups excluding carboxylic acids is 4. The highest BCUT2D eigenvalue weighted by atomic mass is 16.6. The Kier molecular flexibility index (Phi) is 13.4. The average Bonchev–Trinajstić information content (AvgIpc) is 2.82. The van der Waals surface area contributed by atoms with Gasteiger partial charge in [0.2, 0.25) is 5.78 Å². The molecular weight excluding hydrogens is 492 g/mol. The highest BCUT2D eigenvalue weighted by Crippen LogP contribution is 2.22. The summed E-state index contributed by atoms with van der Waals surface area (Å²) in [5, 5.41) is 0. The quantitative estimate of drug-likeness (QED) is 0.134. The van der Waals surface area contributed by atoms with Crippen LogP contribution in [0.1, 0.15) is 82.6 Å². The van der Waals surface area contributed by atoms with E-state index in [0.29, 0.717) is 11.1 Å². The number of hydrogen-bond donors (Lipinski definition) is 0. The molecule has 2 atom stereocenters. The Morgan fingerprint density at radius 1 is 0.658 bits per heavy atom. The molecule has 0 aromatic carbocycles. The van der Waals surface area contributed by atoms with Gasteiger partial charge in [0.15, 0.2) is 23.3 Å². The molecule has 0 radical (unpaired) electrons. The number of rotatable bonds is 19. The zero-order chi connectivity index (χ0) is 30.1. The number of carbonyl (C=O) groups is 4. The van der Waals surface area contributed by atoms with Crippen molar-refractivity contribution in [2.45, 2.75) is 111 Å². The van der Waals surface area contributed by atoms with E-state index in [4.69, 9.17) is 23.7 Å². The molecule has 9 heteroatoms. The lowest BCUT2D eigenvalue weighted by Crippen LogP contribution is -2.48. The molecule has 0 aliphatic rings. The fourth-order valence-electron chi connectivity index (χ4n) is 3.52. The van der Waals surface area contributed by atoms with Crippen LogP contribution in [0.25, 0.3) is 0 Å². The Balaban J connectivity index is 4.92. The third kappa shape index (κ3) is 10.5. The zero-order valence-electron chi connectivity index (χ0n) is 25.2. The lowest BCUT2D eigenvalue weighted by atomic mass is 9.98. The van der Waals surface area contributed by atoms with Gasteiger partial charge in [-0.2, -0.15) is 0 Å². The number of hydrogen-bond acceptors (Lipinski definition) is 9. The molecule has 38 heavy (non-hydrogen) atoms. The van der Waals surface area contributed by atoms with Crippen molar-refractivity contribution in [3.05, 3.63) is 24.3 Å². The van der Waals surface area contributed by atoms with Crippen molar-refractivity contribution in [2.75, 3.05) is 26.4 Å². The smallest absolute Gasteiger partial charge is 0.338 e. The van der Waals surface area contributed by atoms with E-state index in [1.165, 1.54) is 6.92 Å². The van der Waals surface area contributed by atoms with Gasteiger partial charge in [-0.05, 0) is 86.8 Å². The normalized spacial score (nSPS) is 14.8. The van der Waals surface area contributed by atoms with Crippen molar-refractivity contribution in [1.29, 1.82) is 0 Å². The molecular formula is C29H48O9. The van der Waals surface area contributed by atoms with Gasteiger partial charge in [0.1, 0.15) is 16.8 Å². The molecule has 0 saturated carbocycles. The number of Topliss-reactive ketones (excluding diaryl/α,β-unsaturated/α-hetero) is 3. The van der Waals surface area contributed by atoms with Gasteiger partial charge in [0.25, 0.3) is 0 Å². The van der Waals surface area contributed by atoms with E-state index in [-0.39, 0.29) is 44.4 Å².